The minimum atomic E-state index is -0.649. The maximum absolute atomic E-state index is 13.6. The van der Waals surface area contributed by atoms with E-state index in [1.165, 1.54) is 4.90 Å². The molecule has 0 radical (unpaired) electrons. The van der Waals surface area contributed by atoms with Crippen molar-refractivity contribution in [2.24, 2.45) is 0 Å². The summed E-state index contributed by atoms with van der Waals surface area (Å²) in [6.07, 6.45) is 3.53. The number of benzene rings is 3. The van der Waals surface area contributed by atoms with E-state index in [2.05, 4.69) is 0 Å². The first-order valence-electron chi connectivity index (χ1n) is 10.2. The van der Waals surface area contributed by atoms with Crippen molar-refractivity contribution in [2.75, 3.05) is 4.90 Å². The van der Waals surface area contributed by atoms with E-state index in [0.29, 0.717) is 22.6 Å². The normalized spacial score (nSPS) is 18.2. The lowest BCUT2D eigenvalue weighted by molar-refractivity contribution is 0.0687. The van der Waals surface area contributed by atoms with Gasteiger partial charge in [-0.2, -0.15) is 0 Å². The fraction of sp³-hybridized carbons (Fsp3) is 0.200. The molecule has 2 aliphatic heterocycles. The van der Waals surface area contributed by atoms with Crippen molar-refractivity contribution >= 4 is 17.5 Å². The van der Waals surface area contributed by atoms with Gasteiger partial charge in [0, 0.05) is 17.2 Å². The number of para-hydroxylation sites is 1. The van der Waals surface area contributed by atoms with Crippen LogP contribution in [-0.4, -0.2) is 16.9 Å². The molecule has 6 rings (SSSR count). The number of carbonyl (C=O) groups is 2. The molecule has 5 nitrogen and oxygen atoms in total. The second-order valence-electron chi connectivity index (χ2n) is 8.18. The average molecular weight is 397 g/mol. The van der Waals surface area contributed by atoms with E-state index in [0.717, 1.165) is 42.4 Å². The van der Waals surface area contributed by atoms with E-state index in [-0.39, 0.29) is 17.6 Å². The number of imide groups is 1. The Morgan fingerprint density at radius 3 is 2.30 bits per heavy atom. The molecule has 0 unspecified atom stereocenters. The number of amides is 2. The summed E-state index contributed by atoms with van der Waals surface area (Å²) >= 11 is 0. The molecule has 1 fully saturated rings. The summed E-state index contributed by atoms with van der Waals surface area (Å²) < 4.78 is 6.50. The van der Waals surface area contributed by atoms with Crippen LogP contribution in [0.4, 0.5) is 5.69 Å². The molecule has 30 heavy (non-hydrogen) atoms. The molecular formula is C25H19NO4. The minimum Gasteiger partial charge on any atom is -0.508 e. The molecule has 1 aliphatic carbocycles. The first-order chi connectivity index (χ1) is 14.6. The van der Waals surface area contributed by atoms with Crippen molar-refractivity contribution < 1.29 is 19.4 Å². The highest BCUT2D eigenvalue weighted by molar-refractivity contribution is 6.35. The highest BCUT2D eigenvalue weighted by atomic mass is 16.5. The molecular weight excluding hydrogens is 378 g/mol. The highest BCUT2D eigenvalue weighted by Gasteiger charge is 2.50. The first kappa shape index (κ1) is 17.3. The van der Waals surface area contributed by atoms with Crippen molar-refractivity contribution in [3.05, 3.63) is 77.4 Å². The number of rotatable bonds is 1. The number of ether oxygens (including phenoxy) is 1. The van der Waals surface area contributed by atoms with Crippen molar-refractivity contribution in [2.45, 2.75) is 31.3 Å². The van der Waals surface area contributed by atoms with Crippen LogP contribution in [0, 0.1) is 0 Å². The van der Waals surface area contributed by atoms with Crippen LogP contribution in [0.25, 0.3) is 11.1 Å². The number of anilines is 1. The van der Waals surface area contributed by atoms with Gasteiger partial charge in [0.25, 0.3) is 11.8 Å². The number of phenolic OH excluding ortho intramolecular Hbond substituents is 1. The third-order valence-electron chi connectivity index (χ3n) is 6.50. The number of hydrogen-bond donors (Lipinski definition) is 1. The predicted molar refractivity (Wildman–Crippen MR) is 112 cm³/mol. The number of aromatic hydroxyl groups is 1. The second kappa shape index (κ2) is 5.95. The molecule has 2 amide bonds. The van der Waals surface area contributed by atoms with Gasteiger partial charge in [-0.05, 0) is 61.6 Å². The Kier molecular flexibility index (Phi) is 3.43. The standard InChI is InChI=1S/C25H19NO4/c27-16-8-9-17-18-10-11-19-21(22(18)25(12-4-5-13-25)30-20(17)14-16)24(29)26(23(19)28)15-6-2-1-3-7-15/h1-3,6-11,14,27H,4-5,12-13H2. The maximum Gasteiger partial charge on any atom is 0.266 e. The lowest BCUT2D eigenvalue weighted by Crippen LogP contribution is -2.36. The fourth-order valence-corrected chi connectivity index (χ4v) is 5.21. The first-order valence-corrected chi connectivity index (χ1v) is 10.2. The van der Waals surface area contributed by atoms with Crippen LogP contribution in [0.15, 0.2) is 60.7 Å². The molecule has 3 aromatic rings. The Bertz CT molecular complexity index is 1230. The number of nitrogens with zero attached hydrogens (tertiary/aromatic N) is 1. The number of fused-ring (bicyclic) bond motifs is 6. The Hall–Kier alpha value is -3.60. The molecule has 5 heteroatoms. The van der Waals surface area contributed by atoms with E-state index >= 15 is 0 Å². The number of phenols is 1. The molecule has 0 aromatic heterocycles. The van der Waals surface area contributed by atoms with Gasteiger partial charge >= 0.3 is 0 Å². The van der Waals surface area contributed by atoms with Crippen LogP contribution in [0.1, 0.15) is 52.0 Å². The largest absolute Gasteiger partial charge is 0.508 e. The van der Waals surface area contributed by atoms with Crippen molar-refractivity contribution in [1.29, 1.82) is 0 Å². The summed E-state index contributed by atoms with van der Waals surface area (Å²) in [6.45, 7) is 0. The average Bonchev–Trinajstić information content (AvgIpc) is 3.31. The van der Waals surface area contributed by atoms with Gasteiger partial charge in [-0.25, -0.2) is 4.90 Å². The molecule has 3 aromatic carbocycles. The monoisotopic (exact) mass is 397 g/mol. The topological polar surface area (TPSA) is 66.8 Å². The maximum atomic E-state index is 13.6. The smallest absolute Gasteiger partial charge is 0.266 e. The Morgan fingerprint density at radius 2 is 1.53 bits per heavy atom. The van der Waals surface area contributed by atoms with Crippen molar-refractivity contribution in [1.82, 2.24) is 0 Å². The summed E-state index contributed by atoms with van der Waals surface area (Å²) in [4.78, 5) is 28.1. The summed E-state index contributed by atoms with van der Waals surface area (Å²) in [5.41, 5.74) is 3.38. The number of carbonyl (C=O) groups excluding carboxylic acids is 2. The van der Waals surface area contributed by atoms with E-state index in [4.69, 9.17) is 4.74 Å². The SMILES string of the molecule is O=C1c2ccc3c(c2C(=O)N1c1ccccc1)C1(CCCC1)Oc1cc(O)ccc1-3. The summed E-state index contributed by atoms with van der Waals surface area (Å²) in [6, 6.07) is 17.8. The summed E-state index contributed by atoms with van der Waals surface area (Å²) in [7, 11) is 0. The van der Waals surface area contributed by atoms with E-state index in [9.17, 15) is 14.7 Å². The van der Waals surface area contributed by atoms with Gasteiger partial charge < -0.3 is 9.84 Å². The Morgan fingerprint density at radius 1 is 0.833 bits per heavy atom. The van der Waals surface area contributed by atoms with Crippen molar-refractivity contribution in [3.8, 4) is 22.6 Å². The van der Waals surface area contributed by atoms with Crippen LogP contribution < -0.4 is 9.64 Å². The summed E-state index contributed by atoms with van der Waals surface area (Å²) in [5, 5.41) is 9.97. The third kappa shape index (κ3) is 2.17. The van der Waals surface area contributed by atoms with Crippen LogP contribution in [-0.2, 0) is 5.60 Å². The molecule has 1 N–H and O–H groups in total. The Labute approximate surface area is 173 Å². The van der Waals surface area contributed by atoms with Crippen LogP contribution in [0.3, 0.4) is 0 Å². The quantitative estimate of drug-likeness (QED) is 0.586. The molecule has 148 valence electrons. The van der Waals surface area contributed by atoms with Gasteiger partial charge in [-0.15, -0.1) is 0 Å². The molecule has 0 atom stereocenters. The van der Waals surface area contributed by atoms with Gasteiger partial charge in [0.15, 0.2) is 0 Å². The zero-order chi connectivity index (χ0) is 20.5. The molecule has 1 spiro atoms. The van der Waals surface area contributed by atoms with E-state index in [1.807, 2.05) is 30.3 Å². The van der Waals surface area contributed by atoms with Gasteiger partial charge in [0.1, 0.15) is 17.1 Å². The van der Waals surface area contributed by atoms with E-state index < -0.39 is 5.60 Å². The van der Waals surface area contributed by atoms with Crippen LogP contribution >= 0.6 is 0 Å². The predicted octanol–water partition coefficient (Wildman–Crippen LogP) is 5.02. The zero-order valence-electron chi connectivity index (χ0n) is 16.2. The second-order valence-corrected chi connectivity index (χ2v) is 8.18. The Balaban J connectivity index is 1.62. The minimum absolute atomic E-state index is 0.146. The molecule has 1 saturated carbocycles. The summed E-state index contributed by atoms with van der Waals surface area (Å²) in [5.74, 6) is 0.179. The van der Waals surface area contributed by atoms with Gasteiger partial charge in [0.05, 0.1) is 16.8 Å². The molecule has 0 bridgehead atoms. The molecule has 3 aliphatic rings. The highest BCUT2D eigenvalue weighted by Crippen LogP contribution is 2.55. The lowest BCUT2D eigenvalue weighted by atomic mass is 9.78. The van der Waals surface area contributed by atoms with Crippen LogP contribution in [0.5, 0.6) is 11.5 Å². The third-order valence-corrected chi connectivity index (χ3v) is 6.50. The van der Waals surface area contributed by atoms with Crippen molar-refractivity contribution in [3.63, 3.8) is 0 Å². The van der Waals surface area contributed by atoms with Gasteiger partial charge in [-0.1, -0.05) is 24.3 Å². The lowest BCUT2D eigenvalue weighted by Gasteiger charge is -2.38. The van der Waals surface area contributed by atoms with Gasteiger partial charge in [-0.3, -0.25) is 9.59 Å². The van der Waals surface area contributed by atoms with Gasteiger partial charge in [0.2, 0.25) is 0 Å². The molecule has 0 saturated heterocycles. The van der Waals surface area contributed by atoms with E-state index in [1.54, 1.807) is 30.3 Å². The fourth-order valence-electron chi connectivity index (χ4n) is 5.21. The molecule has 2 heterocycles. The zero-order valence-corrected chi connectivity index (χ0v) is 16.2. The number of hydrogen-bond acceptors (Lipinski definition) is 4. The van der Waals surface area contributed by atoms with Crippen LogP contribution in [0.2, 0.25) is 0 Å².